The second-order valence-electron chi connectivity index (χ2n) is 8.45. The first-order chi connectivity index (χ1) is 16.3. The molecular formula is C24H24N6O3S. The number of aromatic amines is 1. The third-order valence-corrected chi connectivity index (χ3v) is 5.62. The number of anilines is 2. The van der Waals surface area contributed by atoms with E-state index in [0.29, 0.717) is 27.8 Å². The van der Waals surface area contributed by atoms with Crippen molar-refractivity contribution in [2.75, 3.05) is 10.6 Å². The lowest BCUT2D eigenvalue weighted by atomic mass is 10.2. The topological polar surface area (TPSA) is 122 Å². The first kappa shape index (κ1) is 23.2. The van der Waals surface area contributed by atoms with Crippen LogP contribution in [0, 0.1) is 0 Å². The maximum Gasteiger partial charge on any atom is 0.413 e. The maximum absolute atomic E-state index is 12.9. The Bertz CT molecular complexity index is 1330. The number of amides is 2. The van der Waals surface area contributed by atoms with Crippen LogP contribution in [0.3, 0.4) is 0 Å². The van der Waals surface area contributed by atoms with Crippen LogP contribution in [0.1, 0.15) is 36.7 Å². The van der Waals surface area contributed by atoms with Gasteiger partial charge in [-0.15, -0.1) is 11.8 Å². The minimum absolute atomic E-state index is 0.253. The molecule has 0 spiro atoms. The zero-order chi connectivity index (χ0) is 24.1. The van der Waals surface area contributed by atoms with Crippen molar-refractivity contribution in [1.29, 1.82) is 0 Å². The molecule has 0 atom stereocenters. The first-order valence-electron chi connectivity index (χ1n) is 10.5. The highest BCUT2D eigenvalue weighted by Crippen LogP contribution is 2.26. The van der Waals surface area contributed by atoms with E-state index >= 15 is 0 Å². The van der Waals surface area contributed by atoms with Crippen LogP contribution in [0.25, 0.3) is 10.9 Å². The number of nitrogens with one attached hydrogen (secondary N) is 3. The molecule has 10 heteroatoms. The molecule has 174 valence electrons. The summed E-state index contributed by atoms with van der Waals surface area (Å²) in [7, 11) is 0. The van der Waals surface area contributed by atoms with Gasteiger partial charge in [0.2, 0.25) is 0 Å². The molecule has 3 N–H and O–H groups in total. The second kappa shape index (κ2) is 9.92. The van der Waals surface area contributed by atoms with Crippen molar-refractivity contribution >= 4 is 46.2 Å². The minimum Gasteiger partial charge on any atom is -0.444 e. The normalized spacial score (nSPS) is 11.3. The summed E-state index contributed by atoms with van der Waals surface area (Å²) in [6.07, 6.45) is 4.42. The largest absolute Gasteiger partial charge is 0.444 e. The van der Waals surface area contributed by atoms with Gasteiger partial charge >= 0.3 is 6.09 Å². The van der Waals surface area contributed by atoms with Crippen molar-refractivity contribution in [1.82, 2.24) is 20.2 Å². The van der Waals surface area contributed by atoms with Gasteiger partial charge in [-0.05, 0) is 68.8 Å². The Morgan fingerprint density at radius 1 is 1.06 bits per heavy atom. The highest BCUT2D eigenvalue weighted by molar-refractivity contribution is 7.98. The fourth-order valence-corrected chi connectivity index (χ4v) is 4.02. The van der Waals surface area contributed by atoms with E-state index in [1.165, 1.54) is 11.8 Å². The summed E-state index contributed by atoms with van der Waals surface area (Å²) < 4.78 is 5.27. The average Bonchev–Trinajstić information content (AvgIpc) is 3.25. The molecule has 2 amide bonds. The number of benzene rings is 1. The quantitative estimate of drug-likeness (QED) is 0.325. The van der Waals surface area contributed by atoms with Gasteiger partial charge in [0, 0.05) is 29.2 Å². The molecule has 4 aromatic rings. The number of thioether (sulfide) groups is 1. The molecule has 0 aliphatic carbocycles. The molecule has 0 radical (unpaired) electrons. The zero-order valence-corrected chi connectivity index (χ0v) is 19.8. The van der Waals surface area contributed by atoms with Crippen molar-refractivity contribution in [2.24, 2.45) is 0 Å². The molecule has 3 aromatic heterocycles. The van der Waals surface area contributed by atoms with Gasteiger partial charge < -0.3 is 10.1 Å². The third kappa shape index (κ3) is 6.10. The smallest absolute Gasteiger partial charge is 0.413 e. The van der Waals surface area contributed by atoms with Gasteiger partial charge in [-0.25, -0.2) is 14.8 Å². The van der Waals surface area contributed by atoms with Crippen LogP contribution in [0.2, 0.25) is 0 Å². The number of hydrogen-bond donors (Lipinski definition) is 3. The number of pyridine rings is 2. The summed E-state index contributed by atoms with van der Waals surface area (Å²) in [6, 6.07) is 12.6. The summed E-state index contributed by atoms with van der Waals surface area (Å²) >= 11 is 1.42. The highest BCUT2D eigenvalue weighted by atomic mass is 32.2. The molecule has 0 saturated carbocycles. The SMILES string of the molecule is CC(C)(C)OC(=O)Nc1cc(CSc2ncccc2C(=O)Nc2ccc3cn[nH]c3c2)ccn1. The van der Waals surface area contributed by atoms with E-state index in [4.69, 9.17) is 4.74 Å². The standard InChI is InChI=1S/C24H24N6O3S/c1-24(2,3)33-23(32)29-20-11-15(8-10-25-20)14-34-22-18(5-4-9-26-22)21(31)28-17-7-6-16-13-27-30-19(16)12-17/h4-13H,14H2,1-3H3,(H,27,30)(H,28,31)(H,25,29,32). The summed E-state index contributed by atoms with van der Waals surface area (Å²) in [5.41, 5.74) is 2.28. The molecule has 1 aromatic carbocycles. The summed E-state index contributed by atoms with van der Waals surface area (Å²) in [5.74, 6) is 0.667. The highest BCUT2D eigenvalue weighted by Gasteiger charge is 2.17. The molecule has 34 heavy (non-hydrogen) atoms. The number of ether oxygens (including phenoxy) is 1. The number of nitrogens with zero attached hydrogens (tertiary/aromatic N) is 3. The van der Waals surface area contributed by atoms with Crippen LogP contribution in [0.5, 0.6) is 0 Å². The van der Waals surface area contributed by atoms with Gasteiger partial charge in [0.1, 0.15) is 16.4 Å². The minimum atomic E-state index is -0.600. The number of carbonyl (C=O) groups excluding carboxylic acids is 2. The van der Waals surface area contributed by atoms with Gasteiger partial charge in [0.15, 0.2) is 0 Å². The van der Waals surface area contributed by atoms with Crippen molar-refractivity contribution in [2.45, 2.75) is 37.2 Å². The predicted octanol–water partition coefficient (Wildman–Crippen LogP) is 5.24. The van der Waals surface area contributed by atoms with Crippen molar-refractivity contribution in [3.05, 3.63) is 72.2 Å². The van der Waals surface area contributed by atoms with E-state index in [2.05, 4.69) is 30.8 Å². The molecule has 0 saturated heterocycles. The Morgan fingerprint density at radius 3 is 2.74 bits per heavy atom. The predicted molar refractivity (Wildman–Crippen MR) is 132 cm³/mol. The lowest BCUT2D eigenvalue weighted by molar-refractivity contribution is 0.0635. The van der Waals surface area contributed by atoms with E-state index in [-0.39, 0.29) is 5.91 Å². The molecule has 0 fully saturated rings. The van der Waals surface area contributed by atoms with Gasteiger partial charge in [0.05, 0.1) is 17.3 Å². The lowest BCUT2D eigenvalue weighted by Crippen LogP contribution is -2.27. The van der Waals surface area contributed by atoms with Crippen LogP contribution >= 0.6 is 11.8 Å². The van der Waals surface area contributed by atoms with Crippen molar-refractivity contribution in [3.8, 4) is 0 Å². The maximum atomic E-state index is 12.9. The molecule has 0 unspecified atom stereocenters. The summed E-state index contributed by atoms with van der Waals surface area (Å²) in [5, 5.41) is 14.0. The third-order valence-electron chi connectivity index (χ3n) is 4.54. The van der Waals surface area contributed by atoms with Gasteiger partial charge in [-0.1, -0.05) is 0 Å². The van der Waals surface area contributed by atoms with E-state index in [1.807, 2.05) is 24.3 Å². The molecule has 0 bridgehead atoms. The number of carbonyl (C=O) groups is 2. The summed E-state index contributed by atoms with van der Waals surface area (Å²) in [6.45, 7) is 5.38. The van der Waals surface area contributed by atoms with E-state index in [9.17, 15) is 9.59 Å². The number of H-pyrrole nitrogens is 1. The fraction of sp³-hybridized carbons (Fsp3) is 0.208. The van der Waals surface area contributed by atoms with Crippen LogP contribution in [0.15, 0.2) is 66.1 Å². The molecule has 3 heterocycles. The van der Waals surface area contributed by atoms with Gasteiger partial charge in [0.25, 0.3) is 5.91 Å². The number of fused-ring (bicyclic) bond motifs is 1. The first-order valence-corrected chi connectivity index (χ1v) is 11.5. The van der Waals surface area contributed by atoms with Crippen LogP contribution < -0.4 is 10.6 Å². The lowest BCUT2D eigenvalue weighted by Gasteiger charge is -2.19. The Labute approximate surface area is 200 Å². The Balaban J connectivity index is 1.42. The fourth-order valence-electron chi connectivity index (χ4n) is 3.08. The van der Waals surface area contributed by atoms with Gasteiger partial charge in [-0.2, -0.15) is 5.10 Å². The monoisotopic (exact) mass is 476 g/mol. The van der Waals surface area contributed by atoms with Gasteiger partial charge in [-0.3, -0.25) is 15.2 Å². The van der Waals surface area contributed by atoms with Crippen molar-refractivity contribution in [3.63, 3.8) is 0 Å². The number of rotatable bonds is 6. The molecular weight excluding hydrogens is 452 g/mol. The van der Waals surface area contributed by atoms with E-state index < -0.39 is 11.7 Å². The zero-order valence-electron chi connectivity index (χ0n) is 19.0. The van der Waals surface area contributed by atoms with E-state index in [1.54, 1.807) is 57.6 Å². The number of hydrogen-bond acceptors (Lipinski definition) is 7. The molecule has 0 aliphatic heterocycles. The Kier molecular flexibility index (Phi) is 6.78. The molecule has 4 rings (SSSR count). The number of aromatic nitrogens is 4. The van der Waals surface area contributed by atoms with E-state index in [0.717, 1.165) is 16.5 Å². The molecule has 9 nitrogen and oxygen atoms in total. The average molecular weight is 477 g/mol. The Hall–Kier alpha value is -3.92. The van der Waals surface area contributed by atoms with Crippen molar-refractivity contribution < 1.29 is 14.3 Å². The van der Waals surface area contributed by atoms with Crippen LogP contribution in [-0.2, 0) is 10.5 Å². The van der Waals surface area contributed by atoms with Crippen LogP contribution in [-0.4, -0.2) is 37.8 Å². The summed E-state index contributed by atoms with van der Waals surface area (Å²) in [4.78, 5) is 33.5. The molecule has 0 aliphatic rings. The Morgan fingerprint density at radius 2 is 1.91 bits per heavy atom. The van der Waals surface area contributed by atoms with Crippen LogP contribution in [0.4, 0.5) is 16.3 Å². The second-order valence-corrected chi connectivity index (χ2v) is 9.41.